The van der Waals surface area contributed by atoms with Gasteiger partial charge in [-0.1, -0.05) is 65.8 Å². The Hall–Kier alpha value is -2.63. The lowest BCUT2D eigenvalue weighted by Crippen LogP contribution is -2.19. The molecule has 1 aromatic heterocycles. The minimum atomic E-state index is -0.542. The van der Waals surface area contributed by atoms with Gasteiger partial charge in [-0.3, -0.25) is 9.59 Å². The molecule has 1 amide bonds. The van der Waals surface area contributed by atoms with Crippen molar-refractivity contribution < 1.29 is 9.59 Å². The van der Waals surface area contributed by atoms with Crippen molar-refractivity contribution in [2.24, 2.45) is 0 Å². The van der Waals surface area contributed by atoms with E-state index in [0.717, 1.165) is 5.56 Å². The van der Waals surface area contributed by atoms with Crippen molar-refractivity contribution in [2.75, 3.05) is 5.32 Å². The van der Waals surface area contributed by atoms with Crippen LogP contribution in [0.2, 0.25) is 5.02 Å². The van der Waals surface area contributed by atoms with Crippen molar-refractivity contribution in [3.63, 3.8) is 0 Å². The van der Waals surface area contributed by atoms with E-state index in [4.69, 9.17) is 11.6 Å². The van der Waals surface area contributed by atoms with Crippen LogP contribution in [0.25, 0.3) is 0 Å². The second kappa shape index (κ2) is 8.84. The van der Waals surface area contributed by atoms with Crippen LogP contribution in [0.3, 0.4) is 0 Å². The van der Waals surface area contributed by atoms with Crippen molar-refractivity contribution in [1.29, 1.82) is 0 Å². The predicted molar refractivity (Wildman–Crippen MR) is 109 cm³/mol. The summed E-state index contributed by atoms with van der Waals surface area (Å²) in [6, 6.07) is 19.8. The lowest BCUT2D eigenvalue weighted by Gasteiger charge is -2.17. The number of Topliss-reactive ketones (excluding diaryl/α,β-unsaturated/α-hetero) is 1. The highest BCUT2D eigenvalue weighted by Crippen LogP contribution is 2.38. The molecule has 3 aromatic rings. The lowest BCUT2D eigenvalue weighted by atomic mass is 10.1. The number of carbonyl (C=O) groups is 2. The van der Waals surface area contributed by atoms with Gasteiger partial charge in [0.2, 0.25) is 5.91 Å². The minimum Gasteiger partial charge on any atom is -0.325 e. The molecule has 2 aromatic carbocycles. The van der Waals surface area contributed by atoms with E-state index in [0.29, 0.717) is 21.3 Å². The van der Waals surface area contributed by atoms with Crippen molar-refractivity contribution in [2.45, 2.75) is 17.2 Å². The van der Waals surface area contributed by atoms with E-state index in [2.05, 4.69) is 10.3 Å². The molecule has 6 heteroatoms. The van der Waals surface area contributed by atoms with E-state index in [1.54, 1.807) is 42.6 Å². The number of aromatic nitrogens is 1. The first-order valence-electron chi connectivity index (χ1n) is 8.28. The van der Waals surface area contributed by atoms with Crippen molar-refractivity contribution >= 4 is 40.7 Å². The van der Waals surface area contributed by atoms with Crippen LogP contribution in [0.15, 0.2) is 78.0 Å². The number of nitrogens with zero attached hydrogens (tertiary/aromatic N) is 1. The number of carbonyl (C=O) groups excluding carboxylic acids is 2. The second-order valence-corrected chi connectivity index (χ2v) is 7.33. The Balaban J connectivity index is 1.88. The number of anilines is 1. The summed E-state index contributed by atoms with van der Waals surface area (Å²) in [6.07, 6.45) is 1.64. The van der Waals surface area contributed by atoms with Crippen LogP contribution in [0.5, 0.6) is 0 Å². The van der Waals surface area contributed by atoms with Gasteiger partial charge in [0.1, 0.15) is 10.3 Å². The monoisotopic (exact) mass is 396 g/mol. The summed E-state index contributed by atoms with van der Waals surface area (Å²) in [5.74, 6) is -0.269. The number of pyridine rings is 1. The van der Waals surface area contributed by atoms with E-state index in [1.807, 2.05) is 30.3 Å². The normalized spacial score (nSPS) is 11.6. The molecular weight excluding hydrogens is 380 g/mol. The zero-order valence-corrected chi connectivity index (χ0v) is 16.1. The van der Waals surface area contributed by atoms with Gasteiger partial charge in [-0.15, -0.1) is 0 Å². The van der Waals surface area contributed by atoms with Crippen LogP contribution in [-0.2, 0) is 4.79 Å². The number of ketones is 1. The van der Waals surface area contributed by atoms with Gasteiger partial charge in [0, 0.05) is 17.4 Å². The Labute approximate surface area is 167 Å². The highest BCUT2D eigenvalue weighted by atomic mass is 35.5. The Morgan fingerprint density at radius 2 is 1.81 bits per heavy atom. The van der Waals surface area contributed by atoms with E-state index >= 15 is 0 Å². The third-order valence-corrected chi connectivity index (χ3v) is 5.52. The van der Waals surface area contributed by atoms with Gasteiger partial charge >= 0.3 is 0 Å². The molecule has 0 saturated heterocycles. The molecule has 0 aliphatic rings. The van der Waals surface area contributed by atoms with E-state index in [1.165, 1.54) is 18.7 Å². The maximum Gasteiger partial charge on any atom is 0.242 e. The fourth-order valence-electron chi connectivity index (χ4n) is 2.49. The van der Waals surface area contributed by atoms with Gasteiger partial charge in [-0.05, 0) is 36.8 Å². The Kier molecular flexibility index (Phi) is 6.27. The maximum atomic E-state index is 13.0. The van der Waals surface area contributed by atoms with E-state index in [9.17, 15) is 9.59 Å². The standard InChI is InChI=1S/C21H17ClN2O2S/c1-14(25)16-9-5-10-17(13-16)24-20(26)19(15-7-3-2-4-8-15)27-21-18(22)11-6-12-23-21/h2-13,19H,1H3,(H,24,26)/t19-/m0/s1. The van der Waals surface area contributed by atoms with Gasteiger partial charge in [0.15, 0.2) is 5.78 Å². The summed E-state index contributed by atoms with van der Waals surface area (Å²) in [5.41, 5.74) is 1.95. The molecule has 0 unspecified atom stereocenters. The molecule has 3 rings (SSSR count). The highest BCUT2D eigenvalue weighted by molar-refractivity contribution is 8.00. The predicted octanol–water partition coefficient (Wildman–Crippen LogP) is 5.41. The lowest BCUT2D eigenvalue weighted by molar-refractivity contribution is -0.115. The molecule has 1 atom stereocenters. The summed E-state index contributed by atoms with van der Waals surface area (Å²) < 4.78 is 0. The van der Waals surface area contributed by atoms with E-state index in [-0.39, 0.29) is 11.7 Å². The Morgan fingerprint density at radius 1 is 1.04 bits per heavy atom. The average Bonchev–Trinajstić information content (AvgIpc) is 2.68. The molecule has 4 nitrogen and oxygen atoms in total. The molecule has 0 radical (unpaired) electrons. The average molecular weight is 397 g/mol. The largest absolute Gasteiger partial charge is 0.325 e. The molecule has 136 valence electrons. The quantitative estimate of drug-likeness (QED) is 0.447. The number of amides is 1. The van der Waals surface area contributed by atoms with Crippen LogP contribution in [0.4, 0.5) is 5.69 Å². The number of rotatable bonds is 6. The zero-order chi connectivity index (χ0) is 19.2. The number of thioether (sulfide) groups is 1. The number of halogens is 1. The third kappa shape index (κ3) is 4.96. The van der Waals surface area contributed by atoms with Crippen LogP contribution in [0, 0.1) is 0 Å². The molecule has 1 N–H and O–H groups in total. The molecule has 0 aliphatic carbocycles. The van der Waals surface area contributed by atoms with Gasteiger partial charge in [0.25, 0.3) is 0 Å². The van der Waals surface area contributed by atoms with Gasteiger partial charge in [-0.2, -0.15) is 0 Å². The van der Waals surface area contributed by atoms with Gasteiger partial charge < -0.3 is 5.32 Å². The second-order valence-electron chi connectivity index (χ2n) is 5.83. The van der Waals surface area contributed by atoms with Crippen LogP contribution in [-0.4, -0.2) is 16.7 Å². The third-order valence-electron chi connectivity index (χ3n) is 3.83. The van der Waals surface area contributed by atoms with Crippen LogP contribution in [0.1, 0.15) is 28.1 Å². The van der Waals surface area contributed by atoms with E-state index < -0.39 is 5.25 Å². The highest BCUT2D eigenvalue weighted by Gasteiger charge is 2.24. The number of nitrogens with one attached hydrogen (secondary N) is 1. The zero-order valence-electron chi connectivity index (χ0n) is 14.6. The molecule has 0 fully saturated rings. The van der Waals surface area contributed by atoms with Gasteiger partial charge in [-0.25, -0.2) is 4.98 Å². The van der Waals surface area contributed by atoms with Crippen molar-refractivity contribution in [1.82, 2.24) is 4.98 Å². The minimum absolute atomic E-state index is 0.0552. The van der Waals surface area contributed by atoms with Crippen LogP contribution >= 0.6 is 23.4 Å². The van der Waals surface area contributed by atoms with Crippen molar-refractivity contribution in [3.05, 3.63) is 89.1 Å². The first-order valence-corrected chi connectivity index (χ1v) is 9.54. The summed E-state index contributed by atoms with van der Waals surface area (Å²) in [5, 5.41) is 3.43. The Bertz CT molecular complexity index is 963. The molecule has 0 aliphatic heterocycles. The molecule has 1 heterocycles. The number of benzene rings is 2. The summed E-state index contributed by atoms with van der Waals surface area (Å²) in [6.45, 7) is 1.49. The SMILES string of the molecule is CC(=O)c1cccc(NC(=O)[C@@H](Sc2ncccc2Cl)c2ccccc2)c1. The van der Waals surface area contributed by atoms with Crippen molar-refractivity contribution in [3.8, 4) is 0 Å². The van der Waals surface area contributed by atoms with Crippen LogP contribution < -0.4 is 5.32 Å². The Morgan fingerprint density at radius 3 is 2.52 bits per heavy atom. The topological polar surface area (TPSA) is 59.1 Å². The molecule has 27 heavy (non-hydrogen) atoms. The molecule has 0 bridgehead atoms. The summed E-state index contributed by atoms with van der Waals surface area (Å²) >= 11 is 7.51. The van der Waals surface area contributed by atoms with Gasteiger partial charge in [0.05, 0.1) is 5.02 Å². The molecule has 0 spiro atoms. The first kappa shape index (κ1) is 19.1. The smallest absolute Gasteiger partial charge is 0.242 e. The number of hydrogen-bond donors (Lipinski definition) is 1. The molecular formula is C21H17ClN2O2S. The first-order chi connectivity index (χ1) is 13.0. The fraction of sp³-hybridized carbons (Fsp3) is 0.0952. The maximum absolute atomic E-state index is 13.0. The number of hydrogen-bond acceptors (Lipinski definition) is 4. The summed E-state index contributed by atoms with van der Waals surface area (Å²) in [4.78, 5) is 28.9. The molecule has 0 saturated carbocycles. The summed E-state index contributed by atoms with van der Waals surface area (Å²) in [7, 11) is 0. The fourth-order valence-corrected chi connectivity index (χ4v) is 3.73.